The molecule has 0 bridgehead atoms. The number of fused-ring (bicyclic) bond motifs is 2. The number of nitrogens with zero attached hydrogens (tertiary/aromatic N) is 5. The Morgan fingerprint density at radius 3 is 2.61 bits per heavy atom. The number of aromatic nitrogens is 4. The summed E-state index contributed by atoms with van der Waals surface area (Å²) in [6.07, 6.45) is 4.24. The SMILES string of the molecule is CO[C@H]1CCC1NC(=O)c1cnc2c(N(C)C(=O)OC(C)(C)C)cc(Nc3cccn(C4[C@H]5COC[C@@H]45)c3=O)nn12. The van der Waals surface area contributed by atoms with Crippen molar-refractivity contribution in [3.8, 4) is 0 Å². The maximum Gasteiger partial charge on any atom is 0.414 e. The number of pyridine rings is 1. The van der Waals surface area contributed by atoms with Gasteiger partial charge in [-0.05, 0) is 45.7 Å². The van der Waals surface area contributed by atoms with Gasteiger partial charge in [-0.1, -0.05) is 0 Å². The number of hydrogen-bond donors (Lipinski definition) is 2. The number of imidazole rings is 1. The monoisotopic (exact) mass is 565 g/mol. The van der Waals surface area contributed by atoms with Crippen molar-refractivity contribution in [3.63, 3.8) is 0 Å². The van der Waals surface area contributed by atoms with Crippen molar-refractivity contribution in [2.24, 2.45) is 11.8 Å². The van der Waals surface area contributed by atoms with Gasteiger partial charge in [0.15, 0.2) is 17.2 Å². The first-order chi connectivity index (χ1) is 19.6. The van der Waals surface area contributed by atoms with Crippen molar-refractivity contribution in [2.45, 2.75) is 57.4 Å². The van der Waals surface area contributed by atoms with Crippen molar-refractivity contribution in [1.29, 1.82) is 0 Å². The van der Waals surface area contributed by atoms with E-state index in [0.29, 0.717) is 36.4 Å². The van der Waals surface area contributed by atoms with Crippen LogP contribution in [0.15, 0.2) is 35.4 Å². The van der Waals surface area contributed by atoms with Crippen LogP contribution in [-0.4, -0.2) is 76.3 Å². The van der Waals surface area contributed by atoms with E-state index in [1.54, 1.807) is 57.8 Å². The van der Waals surface area contributed by atoms with E-state index < -0.39 is 11.7 Å². The Kier molecular flexibility index (Phi) is 6.73. The molecule has 3 aliphatic rings. The standard InChI is InChI=1S/C28H35N7O6/c1-28(2,3)41-27(38)33(4)19-11-22(30-18-7-6-10-34(26(18)37)23-15-13-40-14-16(15)23)32-35-20(12-29-24(19)35)25(36)31-17-8-9-21(17)39-5/h6-7,10-12,15-17,21,23H,8-9,13-14H2,1-5H3,(H,30,32)(H,31,36)/t15-,16+,17?,21-,23?/m0/s1. The fourth-order valence-corrected chi connectivity index (χ4v) is 5.60. The molecule has 3 aromatic rings. The molecule has 6 rings (SSSR count). The largest absolute Gasteiger partial charge is 0.443 e. The van der Waals surface area contributed by atoms with Crippen LogP contribution in [0, 0.1) is 11.8 Å². The predicted molar refractivity (Wildman–Crippen MR) is 150 cm³/mol. The summed E-state index contributed by atoms with van der Waals surface area (Å²) in [5, 5.41) is 10.7. The zero-order valence-electron chi connectivity index (χ0n) is 23.8. The van der Waals surface area contributed by atoms with Crippen molar-refractivity contribution in [1.82, 2.24) is 24.5 Å². The quantitative estimate of drug-likeness (QED) is 0.442. The highest BCUT2D eigenvalue weighted by molar-refractivity contribution is 5.96. The van der Waals surface area contributed by atoms with E-state index in [1.165, 1.54) is 15.6 Å². The lowest BCUT2D eigenvalue weighted by Crippen LogP contribution is -2.51. The number of carbonyl (C=O) groups excluding carboxylic acids is 2. The number of carbonyl (C=O) groups is 2. The van der Waals surface area contributed by atoms with Gasteiger partial charge < -0.3 is 29.4 Å². The molecule has 41 heavy (non-hydrogen) atoms. The number of methoxy groups -OCH3 is 1. The third-order valence-electron chi connectivity index (χ3n) is 8.01. The number of amides is 2. The van der Waals surface area contributed by atoms with E-state index in [9.17, 15) is 14.4 Å². The van der Waals surface area contributed by atoms with Gasteiger partial charge in [-0.3, -0.25) is 14.5 Å². The second kappa shape index (κ2) is 10.1. The van der Waals surface area contributed by atoms with Gasteiger partial charge in [-0.15, -0.1) is 5.10 Å². The van der Waals surface area contributed by atoms with Crippen molar-refractivity contribution in [3.05, 3.63) is 46.6 Å². The molecule has 2 amide bonds. The molecule has 0 aromatic carbocycles. The molecule has 5 atom stereocenters. The molecule has 4 heterocycles. The Bertz CT molecular complexity index is 1550. The lowest BCUT2D eigenvalue weighted by atomic mass is 9.89. The Morgan fingerprint density at radius 1 is 1.20 bits per heavy atom. The topological polar surface area (TPSA) is 141 Å². The number of anilines is 3. The highest BCUT2D eigenvalue weighted by Gasteiger charge is 2.55. The van der Waals surface area contributed by atoms with Gasteiger partial charge >= 0.3 is 6.09 Å². The van der Waals surface area contributed by atoms with Crippen molar-refractivity contribution < 1.29 is 23.8 Å². The van der Waals surface area contributed by atoms with E-state index in [-0.39, 0.29) is 46.8 Å². The molecule has 0 spiro atoms. The molecule has 0 radical (unpaired) electrons. The van der Waals surface area contributed by atoms with E-state index in [1.807, 2.05) is 6.07 Å². The fourth-order valence-electron chi connectivity index (χ4n) is 5.60. The molecule has 1 aliphatic heterocycles. The number of hydrogen-bond acceptors (Lipinski definition) is 9. The second-order valence-corrected chi connectivity index (χ2v) is 11.9. The average molecular weight is 566 g/mol. The van der Waals surface area contributed by atoms with Crippen LogP contribution in [0.4, 0.5) is 22.0 Å². The van der Waals surface area contributed by atoms with Crippen LogP contribution in [0.25, 0.3) is 5.65 Å². The van der Waals surface area contributed by atoms with Gasteiger partial charge in [0.1, 0.15) is 11.3 Å². The molecule has 3 fully saturated rings. The number of nitrogens with one attached hydrogen (secondary N) is 2. The maximum atomic E-state index is 13.4. The van der Waals surface area contributed by atoms with Gasteiger partial charge in [0.05, 0.1) is 37.2 Å². The van der Waals surface area contributed by atoms with E-state index in [0.717, 1.165) is 12.8 Å². The summed E-state index contributed by atoms with van der Waals surface area (Å²) in [5.74, 6) is 0.589. The molecular weight excluding hydrogens is 530 g/mol. The lowest BCUT2D eigenvalue weighted by Gasteiger charge is -2.35. The Morgan fingerprint density at radius 2 is 1.95 bits per heavy atom. The molecule has 218 valence electrons. The first kappa shape index (κ1) is 27.2. The first-order valence-corrected chi connectivity index (χ1v) is 13.8. The minimum absolute atomic E-state index is 0.0463. The van der Waals surface area contributed by atoms with Crippen LogP contribution >= 0.6 is 0 Å². The molecule has 2 N–H and O–H groups in total. The smallest absolute Gasteiger partial charge is 0.414 e. The summed E-state index contributed by atoms with van der Waals surface area (Å²) in [4.78, 5) is 45.5. The summed E-state index contributed by atoms with van der Waals surface area (Å²) in [6, 6.07) is 5.11. The Hall–Kier alpha value is -3.97. The minimum atomic E-state index is -0.724. The van der Waals surface area contributed by atoms with Crippen molar-refractivity contribution >= 4 is 34.8 Å². The normalized spacial score (nSPS) is 24.9. The highest BCUT2D eigenvalue weighted by Crippen LogP contribution is 2.53. The minimum Gasteiger partial charge on any atom is -0.443 e. The van der Waals surface area contributed by atoms with Gasteiger partial charge in [0.25, 0.3) is 11.5 Å². The zero-order chi connectivity index (χ0) is 29.1. The summed E-state index contributed by atoms with van der Waals surface area (Å²) in [5.41, 5.74) is 0.217. The molecule has 13 nitrogen and oxygen atoms in total. The van der Waals surface area contributed by atoms with E-state index >= 15 is 0 Å². The summed E-state index contributed by atoms with van der Waals surface area (Å²) in [6.45, 7) is 6.66. The molecule has 13 heteroatoms. The van der Waals surface area contributed by atoms with Crippen LogP contribution in [-0.2, 0) is 14.2 Å². The summed E-state index contributed by atoms with van der Waals surface area (Å²) >= 11 is 0. The molecule has 2 unspecified atom stereocenters. The third-order valence-corrected chi connectivity index (χ3v) is 8.01. The molecule has 1 saturated heterocycles. The second-order valence-electron chi connectivity index (χ2n) is 11.9. The number of rotatable bonds is 7. The van der Waals surface area contributed by atoms with Crippen LogP contribution < -0.4 is 21.1 Å². The van der Waals surface area contributed by atoms with Gasteiger partial charge in [0.2, 0.25) is 0 Å². The fraction of sp³-hybridized carbons (Fsp3) is 0.536. The van der Waals surface area contributed by atoms with Crippen molar-refractivity contribution in [2.75, 3.05) is 37.6 Å². The van der Waals surface area contributed by atoms with Gasteiger partial charge in [-0.2, -0.15) is 0 Å². The molecular formula is C28H35N7O6. The van der Waals surface area contributed by atoms with Gasteiger partial charge in [0, 0.05) is 44.3 Å². The molecule has 2 aliphatic carbocycles. The molecule has 3 aromatic heterocycles. The third kappa shape index (κ3) is 5.04. The summed E-state index contributed by atoms with van der Waals surface area (Å²) < 4.78 is 19.6. The first-order valence-electron chi connectivity index (χ1n) is 13.8. The summed E-state index contributed by atoms with van der Waals surface area (Å²) in [7, 11) is 3.18. The Labute approximate surface area is 236 Å². The highest BCUT2D eigenvalue weighted by atomic mass is 16.6. The Balaban J connectivity index is 1.36. The number of ether oxygens (including phenoxy) is 3. The van der Waals surface area contributed by atoms with Gasteiger partial charge in [-0.25, -0.2) is 14.3 Å². The van der Waals surface area contributed by atoms with E-state index in [4.69, 9.17) is 14.2 Å². The van der Waals surface area contributed by atoms with Crippen LogP contribution in [0.5, 0.6) is 0 Å². The van der Waals surface area contributed by atoms with Crippen LogP contribution in [0.2, 0.25) is 0 Å². The zero-order valence-corrected chi connectivity index (χ0v) is 23.8. The van der Waals surface area contributed by atoms with Crippen LogP contribution in [0.1, 0.15) is 50.1 Å². The van der Waals surface area contributed by atoms with E-state index in [2.05, 4.69) is 20.7 Å². The lowest BCUT2D eigenvalue weighted by molar-refractivity contribution is 0.00718. The average Bonchev–Trinajstić information content (AvgIpc) is 3.21. The predicted octanol–water partition coefficient (Wildman–Crippen LogP) is 2.73. The maximum absolute atomic E-state index is 13.4. The van der Waals surface area contributed by atoms with Crippen LogP contribution in [0.3, 0.4) is 0 Å². The molecule has 2 saturated carbocycles.